The molecule has 0 unspecified atom stereocenters. The predicted octanol–water partition coefficient (Wildman–Crippen LogP) is 4.52. The molecule has 0 aliphatic rings. The lowest BCUT2D eigenvalue weighted by Crippen LogP contribution is -2.21. The minimum atomic E-state index is 0.441. The Morgan fingerprint density at radius 3 is 2.57 bits per heavy atom. The first kappa shape index (κ1) is 15.6. The average molecular weight is 296 g/mol. The molecule has 2 rings (SSSR count). The highest BCUT2D eigenvalue weighted by Crippen LogP contribution is 2.32. The van der Waals surface area contributed by atoms with Gasteiger partial charge in [0, 0.05) is 22.4 Å². The van der Waals surface area contributed by atoms with Gasteiger partial charge in [-0.2, -0.15) is 5.26 Å². The highest BCUT2D eigenvalue weighted by Gasteiger charge is 2.07. The topological polar surface area (TPSA) is 35.8 Å². The fraction of sp³-hybridized carbons (Fsp3) is 0.278. The van der Waals surface area contributed by atoms with E-state index in [1.807, 2.05) is 24.3 Å². The highest BCUT2D eigenvalue weighted by atomic mass is 32.2. The van der Waals surface area contributed by atoms with E-state index < -0.39 is 0 Å². The van der Waals surface area contributed by atoms with Crippen LogP contribution in [-0.4, -0.2) is 6.04 Å². The van der Waals surface area contributed by atoms with E-state index in [1.54, 1.807) is 11.8 Å². The molecule has 0 saturated carbocycles. The molecule has 0 fully saturated rings. The van der Waals surface area contributed by atoms with Crippen molar-refractivity contribution in [3.05, 3.63) is 59.2 Å². The van der Waals surface area contributed by atoms with Gasteiger partial charge in [0.15, 0.2) is 0 Å². The van der Waals surface area contributed by atoms with Gasteiger partial charge in [-0.05, 0) is 36.2 Å². The normalized spacial score (nSPS) is 10.6. The number of nitrogens with one attached hydrogen (secondary N) is 1. The Kier molecular flexibility index (Phi) is 5.44. The smallest absolute Gasteiger partial charge is 0.100 e. The van der Waals surface area contributed by atoms with Gasteiger partial charge < -0.3 is 5.32 Å². The van der Waals surface area contributed by atoms with E-state index >= 15 is 0 Å². The van der Waals surface area contributed by atoms with Gasteiger partial charge in [-0.25, -0.2) is 0 Å². The fourth-order valence-electron chi connectivity index (χ4n) is 1.97. The Balaban J connectivity index is 2.21. The van der Waals surface area contributed by atoms with Gasteiger partial charge in [0.1, 0.15) is 6.07 Å². The molecule has 0 spiro atoms. The van der Waals surface area contributed by atoms with Crippen molar-refractivity contribution in [2.45, 2.75) is 43.1 Å². The molecule has 0 aliphatic heterocycles. The van der Waals surface area contributed by atoms with Crippen LogP contribution in [0.1, 0.15) is 30.5 Å². The van der Waals surface area contributed by atoms with Crippen LogP contribution in [0.15, 0.2) is 52.3 Å². The van der Waals surface area contributed by atoms with Gasteiger partial charge in [0.25, 0.3) is 0 Å². The Labute approximate surface area is 131 Å². The molecular weight excluding hydrogens is 276 g/mol. The molecule has 0 aromatic heterocycles. The zero-order valence-corrected chi connectivity index (χ0v) is 13.5. The van der Waals surface area contributed by atoms with Crippen molar-refractivity contribution in [2.75, 3.05) is 0 Å². The van der Waals surface area contributed by atoms with Crippen molar-refractivity contribution < 1.29 is 0 Å². The molecule has 0 atom stereocenters. The Morgan fingerprint density at radius 2 is 1.90 bits per heavy atom. The molecule has 0 radical (unpaired) electrons. The predicted molar refractivity (Wildman–Crippen MR) is 88.4 cm³/mol. The quantitative estimate of drug-likeness (QED) is 0.881. The third-order valence-electron chi connectivity index (χ3n) is 3.19. The van der Waals surface area contributed by atoms with Crippen molar-refractivity contribution in [3.8, 4) is 6.07 Å². The van der Waals surface area contributed by atoms with Crippen LogP contribution in [-0.2, 0) is 6.54 Å². The second kappa shape index (κ2) is 7.31. The lowest BCUT2D eigenvalue weighted by atomic mass is 10.1. The van der Waals surface area contributed by atoms with Gasteiger partial charge in [-0.15, -0.1) is 0 Å². The minimum Gasteiger partial charge on any atom is -0.310 e. The molecule has 108 valence electrons. The largest absolute Gasteiger partial charge is 0.310 e. The molecule has 0 heterocycles. The SMILES string of the molecule is Cc1ccccc1Sc1ccc(CNC(C)C)cc1C#N. The van der Waals surface area contributed by atoms with Crippen LogP contribution >= 0.6 is 11.8 Å². The lowest BCUT2D eigenvalue weighted by Gasteiger charge is -2.11. The van der Waals surface area contributed by atoms with Gasteiger partial charge in [-0.1, -0.05) is 49.9 Å². The lowest BCUT2D eigenvalue weighted by molar-refractivity contribution is 0.588. The molecular formula is C18H20N2S. The van der Waals surface area contributed by atoms with Crippen molar-refractivity contribution in [1.82, 2.24) is 5.32 Å². The summed E-state index contributed by atoms with van der Waals surface area (Å²) in [6.07, 6.45) is 0. The molecule has 0 amide bonds. The van der Waals surface area contributed by atoms with Crippen LogP contribution < -0.4 is 5.32 Å². The standard InChI is InChI=1S/C18H20N2S/c1-13(2)20-12-15-8-9-18(16(10-15)11-19)21-17-7-5-4-6-14(17)3/h4-10,13,20H,12H2,1-3H3. The summed E-state index contributed by atoms with van der Waals surface area (Å²) in [6.45, 7) is 7.12. The third kappa shape index (κ3) is 4.35. The molecule has 3 heteroatoms. The third-order valence-corrected chi connectivity index (χ3v) is 4.45. The summed E-state index contributed by atoms with van der Waals surface area (Å²) in [5.74, 6) is 0. The van der Waals surface area contributed by atoms with E-state index in [2.05, 4.69) is 50.4 Å². The van der Waals surface area contributed by atoms with E-state index in [0.29, 0.717) is 6.04 Å². The van der Waals surface area contributed by atoms with Crippen LogP contribution in [0.3, 0.4) is 0 Å². The van der Waals surface area contributed by atoms with Gasteiger partial charge in [-0.3, -0.25) is 0 Å². The molecule has 21 heavy (non-hydrogen) atoms. The zero-order chi connectivity index (χ0) is 15.2. The second-order valence-corrected chi connectivity index (χ2v) is 6.43. The van der Waals surface area contributed by atoms with Gasteiger partial charge in [0.2, 0.25) is 0 Å². The summed E-state index contributed by atoms with van der Waals surface area (Å²) in [7, 11) is 0. The van der Waals surface area contributed by atoms with Gasteiger partial charge in [0.05, 0.1) is 5.56 Å². The Bertz CT molecular complexity index is 657. The van der Waals surface area contributed by atoms with Crippen LogP contribution in [0.2, 0.25) is 0 Å². The number of aryl methyl sites for hydroxylation is 1. The zero-order valence-electron chi connectivity index (χ0n) is 12.7. The van der Waals surface area contributed by atoms with Crippen molar-refractivity contribution >= 4 is 11.8 Å². The molecule has 0 saturated heterocycles. The molecule has 2 aromatic rings. The Hall–Kier alpha value is -1.76. The monoisotopic (exact) mass is 296 g/mol. The van der Waals surface area contributed by atoms with Gasteiger partial charge >= 0.3 is 0 Å². The number of nitriles is 1. The highest BCUT2D eigenvalue weighted by molar-refractivity contribution is 7.99. The summed E-state index contributed by atoms with van der Waals surface area (Å²) in [6, 6.07) is 17.1. The van der Waals surface area contributed by atoms with E-state index in [4.69, 9.17) is 0 Å². The number of rotatable bonds is 5. The van der Waals surface area contributed by atoms with Crippen LogP contribution in [0.4, 0.5) is 0 Å². The first-order valence-corrected chi connectivity index (χ1v) is 7.91. The molecule has 2 aromatic carbocycles. The Morgan fingerprint density at radius 1 is 1.14 bits per heavy atom. The van der Waals surface area contributed by atoms with Crippen LogP contribution in [0.5, 0.6) is 0 Å². The van der Waals surface area contributed by atoms with Crippen molar-refractivity contribution in [2.24, 2.45) is 0 Å². The summed E-state index contributed by atoms with van der Waals surface area (Å²) >= 11 is 1.66. The number of hydrogen-bond acceptors (Lipinski definition) is 3. The second-order valence-electron chi connectivity index (χ2n) is 5.35. The summed E-state index contributed by atoms with van der Waals surface area (Å²) in [5, 5.41) is 12.8. The fourth-order valence-corrected chi connectivity index (χ4v) is 2.94. The summed E-state index contributed by atoms with van der Waals surface area (Å²) in [4.78, 5) is 2.21. The molecule has 0 aliphatic carbocycles. The first-order valence-electron chi connectivity index (χ1n) is 7.10. The molecule has 2 nitrogen and oxygen atoms in total. The first-order chi connectivity index (χ1) is 10.1. The maximum atomic E-state index is 9.38. The van der Waals surface area contributed by atoms with E-state index in [-0.39, 0.29) is 0 Å². The summed E-state index contributed by atoms with van der Waals surface area (Å²) in [5.41, 5.74) is 3.12. The van der Waals surface area contributed by atoms with Crippen molar-refractivity contribution in [1.29, 1.82) is 5.26 Å². The minimum absolute atomic E-state index is 0.441. The van der Waals surface area contributed by atoms with Crippen LogP contribution in [0.25, 0.3) is 0 Å². The number of nitrogens with zero attached hydrogens (tertiary/aromatic N) is 1. The molecule has 0 bridgehead atoms. The van der Waals surface area contributed by atoms with Crippen molar-refractivity contribution in [3.63, 3.8) is 0 Å². The van der Waals surface area contributed by atoms with E-state index in [1.165, 1.54) is 10.5 Å². The number of benzene rings is 2. The van der Waals surface area contributed by atoms with E-state index in [0.717, 1.165) is 22.6 Å². The number of hydrogen-bond donors (Lipinski definition) is 1. The summed E-state index contributed by atoms with van der Waals surface area (Å²) < 4.78 is 0. The van der Waals surface area contributed by atoms with E-state index in [9.17, 15) is 5.26 Å². The maximum Gasteiger partial charge on any atom is 0.100 e. The maximum absolute atomic E-state index is 9.38. The van der Waals surface area contributed by atoms with Crippen LogP contribution in [0, 0.1) is 18.3 Å². The average Bonchev–Trinajstić information content (AvgIpc) is 2.48. The molecule has 1 N–H and O–H groups in total.